The summed E-state index contributed by atoms with van der Waals surface area (Å²) in [4.78, 5) is 25.5. The first-order valence-corrected chi connectivity index (χ1v) is 7.70. The molecule has 4 heteroatoms. The van der Waals surface area contributed by atoms with Crippen molar-refractivity contribution in [2.75, 3.05) is 18.4 Å². The molecular weight excluding hydrogens is 288 g/mol. The normalized spacial score (nSPS) is 10.2. The highest BCUT2D eigenvalue weighted by Crippen LogP contribution is 2.09. The van der Waals surface area contributed by atoms with Gasteiger partial charge in [-0.1, -0.05) is 42.5 Å². The molecule has 120 valence electrons. The number of benzene rings is 2. The van der Waals surface area contributed by atoms with Crippen LogP contribution >= 0.6 is 0 Å². The number of hydrogen-bond donors (Lipinski definition) is 1. The summed E-state index contributed by atoms with van der Waals surface area (Å²) < 4.78 is 0. The molecule has 0 aliphatic rings. The van der Waals surface area contributed by atoms with Crippen molar-refractivity contribution in [3.05, 3.63) is 65.7 Å². The summed E-state index contributed by atoms with van der Waals surface area (Å²) in [7, 11) is 0. The molecule has 0 bridgehead atoms. The van der Waals surface area contributed by atoms with Gasteiger partial charge in [-0.2, -0.15) is 0 Å². The van der Waals surface area contributed by atoms with Gasteiger partial charge in [0.2, 0.25) is 11.8 Å². The van der Waals surface area contributed by atoms with E-state index in [9.17, 15) is 9.59 Å². The van der Waals surface area contributed by atoms with Crippen LogP contribution in [0.15, 0.2) is 54.6 Å². The van der Waals surface area contributed by atoms with Crippen molar-refractivity contribution >= 4 is 17.5 Å². The largest absolute Gasteiger partial charge is 0.333 e. The molecule has 23 heavy (non-hydrogen) atoms. The van der Waals surface area contributed by atoms with Crippen molar-refractivity contribution in [3.8, 4) is 0 Å². The lowest BCUT2D eigenvalue weighted by atomic mass is 10.1. The van der Waals surface area contributed by atoms with Crippen molar-refractivity contribution in [3.63, 3.8) is 0 Å². The van der Waals surface area contributed by atoms with Crippen LogP contribution in [-0.4, -0.2) is 29.8 Å². The minimum Gasteiger partial charge on any atom is -0.333 e. The van der Waals surface area contributed by atoms with Crippen molar-refractivity contribution < 1.29 is 9.59 Å². The molecule has 0 saturated carbocycles. The average Bonchev–Trinajstić information content (AvgIpc) is 2.52. The van der Waals surface area contributed by atoms with Crippen molar-refractivity contribution in [1.29, 1.82) is 0 Å². The molecule has 0 aromatic heterocycles. The van der Waals surface area contributed by atoms with E-state index in [1.165, 1.54) is 6.92 Å². The van der Waals surface area contributed by atoms with E-state index in [1.54, 1.807) is 4.90 Å². The number of anilines is 1. The fourth-order valence-electron chi connectivity index (χ4n) is 2.35. The predicted molar refractivity (Wildman–Crippen MR) is 92.2 cm³/mol. The van der Waals surface area contributed by atoms with Gasteiger partial charge in [0.05, 0.1) is 6.54 Å². The van der Waals surface area contributed by atoms with Gasteiger partial charge in [0, 0.05) is 19.2 Å². The van der Waals surface area contributed by atoms with Crippen LogP contribution in [0.25, 0.3) is 0 Å². The quantitative estimate of drug-likeness (QED) is 0.891. The summed E-state index contributed by atoms with van der Waals surface area (Å²) in [6.45, 7) is 4.05. The van der Waals surface area contributed by atoms with E-state index in [-0.39, 0.29) is 18.4 Å². The molecule has 2 aromatic carbocycles. The minimum atomic E-state index is -0.182. The molecule has 4 nitrogen and oxygen atoms in total. The molecule has 2 rings (SSSR count). The molecule has 0 spiro atoms. The number of carbonyl (C=O) groups excluding carboxylic acids is 2. The zero-order valence-corrected chi connectivity index (χ0v) is 13.6. The molecule has 0 saturated heterocycles. The van der Waals surface area contributed by atoms with Crippen LogP contribution in [0.2, 0.25) is 0 Å². The van der Waals surface area contributed by atoms with E-state index >= 15 is 0 Å². The molecule has 0 radical (unpaired) electrons. The Morgan fingerprint density at radius 2 is 1.78 bits per heavy atom. The Morgan fingerprint density at radius 3 is 2.43 bits per heavy atom. The second kappa shape index (κ2) is 8.13. The SMILES string of the molecule is CC(=O)N(CCc1ccccc1)CC(=O)Nc1cccc(C)c1. The number of nitrogens with one attached hydrogen (secondary N) is 1. The second-order valence-corrected chi connectivity index (χ2v) is 5.59. The maximum absolute atomic E-state index is 12.1. The third-order valence-electron chi connectivity index (χ3n) is 3.59. The number of aryl methyl sites for hydroxylation is 1. The van der Waals surface area contributed by atoms with Gasteiger partial charge in [-0.25, -0.2) is 0 Å². The predicted octanol–water partition coefficient (Wildman–Crippen LogP) is 3.02. The number of rotatable bonds is 6. The van der Waals surface area contributed by atoms with E-state index in [1.807, 2.05) is 61.5 Å². The van der Waals surface area contributed by atoms with Gasteiger partial charge in [-0.3, -0.25) is 9.59 Å². The van der Waals surface area contributed by atoms with Crippen LogP contribution in [0.3, 0.4) is 0 Å². The molecule has 0 atom stereocenters. The van der Waals surface area contributed by atoms with E-state index < -0.39 is 0 Å². The molecule has 0 fully saturated rings. The highest BCUT2D eigenvalue weighted by molar-refractivity contribution is 5.94. The van der Waals surface area contributed by atoms with Gasteiger partial charge in [-0.15, -0.1) is 0 Å². The van der Waals surface area contributed by atoms with Gasteiger partial charge >= 0.3 is 0 Å². The summed E-state index contributed by atoms with van der Waals surface area (Å²) in [5.74, 6) is -0.279. The Balaban J connectivity index is 1.91. The number of nitrogens with zero attached hydrogens (tertiary/aromatic N) is 1. The molecule has 0 heterocycles. The molecule has 1 N–H and O–H groups in total. The van der Waals surface area contributed by atoms with Gasteiger partial charge in [0.25, 0.3) is 0 Å². The fraction of sp³-hybridized carbons (Fsp3) is 0.263. The minimum absolute atomic E-state index is 0.0656. The average molecular weight is 310 g/mol. The lowest BCUT2D eigenvalue weighted by molar-refractivity contribution is -0.132. The Morgan fingerprint density at radius 1 is 1.04 bits per heavy atom. The first-order valence-electron chi connectivity index (χ1n) is 7.70. The summed E-state index contributed by atoms with van der Waals surface area (Å²) >= 11 is 0. The van der Waals surface area contributed by atoms with Crippen molar-refractivity contribution in [1.82, 2.24) is 4.90 Å². The Bertz CT molecular complexity index is 668. The third-order valence-corrected chi connectivity index (χ3v) is 3.59. The van der Waals surface area contributed by atoms with Crippen LogP contribution in [0, 0.1) is 6.92 Å². The van der Waals surface area contributed by atoms with Crippen LogP contribution in [-0.2, 0) is 16.0 Å². The summed E-state index contributed by atoms with van der Waals surface area (Å²) in [6, 6.07) is 17.5. The monoisotopic (exact) mass is 310 g/mol. The first kappa shape index (κ1) is 16.7. The highest BCUT2D eigenvalue weighted by Gasteiger charge is 2.13. The Hall–Kier alpha value is -2.62. The zero-order chi connectivity index (χ0) is 16.7. The van der Waals surface area contributed by atoms with Crippen LogP contribution in [0.1, 0.15) is 18.1 Å². The smallest absolute Gasteiger partial charge is 0.243 e. The van der Waals surface area contributed by atoms with E-state index in [2.05, 4.69) is 5.32 Å². The number of carbonyl (C=O) groups is 2. The van der Waals surface area contributed by atoms with Gasteiger partial charge < -0.3 is 10.2 Å². The summed E-state index contributed by atoms with van der Waals surface area (Å²) in [5.41, 5.74) is 2.98. The van der Waals surface area contributed by atoms with Gasteiger partial charge in [0.1, 0.15) is 0 Å². The topological polar surface area (TPSA) is 49.4 Å². The molecule has 0 unspecified atom stereocenters. The highest BCUT2D eigenvalue weighted by atomic mass is 16.2. The van der Waals surface area contributed by atoms with E-state index in [0.717, 1.165) is 23.2 Å². The Kier molecular flexibility index (Phi) is 5.92. The second-order valence-electron chi connectivity index (χ2n) is 5.59. The summed E-state index contributed by atoms with van der Waals surface area (Å²) in [5, 5.41) is 2.83. The maximum Gasteiger partial charge on any atom is 0.243 e. The summed E-state index contributed by atoms with van der Waals surface area (Å²) in [6.07, 6.45) is 0.734. The molecule has 0 aliphatic heterocycles. The standard InChI is InChI=1S/C19H22N2O2/c1-15-7-6-10-18(13-15)20-19(23)14-21(16(2)22)12-11-17-8-4-3-5-9-17/h3-10,13H,11-12,14H2,1-2H3,(H,20,23). The molecular formula is C19H22N2O2. The van der Waals surface area contributed by atoms with Crippen molar-refractivity contribution in [2.45, 2.75) is 20.3 Å². The molecule has 2 aromatic rings. The Labute approximate surface area is 137 Å². The number of amides is 2. The molecule has 2 amide bonds. The molecule has 0 aliphatic carbocycles. The number of hydrogen-bond acceptors (Lipinski definition) is 2. The lowest BCUT2D eigenvalue weighted by Crippen LogP contribution is -2.38. The van der Waals surface area contributed by atoms with Gasteiger partial charge in [-0.05, 0) is 36.6 Å². The van der Waals surface area contributed by atoms with Crippen LogP contribution in [0.4, 0.5) is 5.69 Å². The first-order chi connectivity index (χ1) is 11.0. The van der Waals surface area contributed by atoms with Crippen LogP contribution < -0.4 is 5.32 Å². The van der Waals surface area contributed by atoms with Crippen molar-refractivity contribution in [2.24, 2.45) is 0 Å². The fourth-order valence-corrected chi connectivity index (χ4v) is 2.35. The maximum atomic E-state index is 12.1. The third kappa shape index (κ3) is 5.58. The van der Waals surface area contributed by atoms with Crippen LogP contribution in [0.5, 0.6) is 0 Å². The van der Waals surface area contributed by atoms with E-state index in [0.29, 0.717) is 6.54 Å². The van der Waals surface area contributed by atoms with Gasteiger partial charge in [0.15, 0.2) is 0 Å². The van der Waals surface area contributed by atoms with E-state index in [4.69, 9.17) is 0 Å². The zero-order valence-electron chi connectivity index (χ0n) is 13.6. The lowest BCUT2D eigenvalue weighted by Gasteiger charge is -2.20.